The van der Waals surface area contributed by atoms with Crippen LogP contribution in [0.5, 0.6) is 0 Å². The molecule has 0 aliphatic heterocycles. The van der Waals surface area contributed by atoms with Crippen molar-refractivity contribution in [3.63, 3.8) is 0 Å². The minimum absolute atomic E-state index is 0.339. The number of amides is 1. The highest BCUT2D eigenvalue weighted by molar-refractivity contribution is 5.68. The van der Waals surface area contributed by atoms with Crippen molar-refractivity contribution in [3.05, 3.63) is 35.4 Å². The van der Waals surface area contributed by atoms with Crippen LogP contribution in [0.15, 0.2) is 18.2 Å². The fourth-order valence-corrected chi connectivity index (χ4v) is 1.99. The van der Waals surface area contributed by atoms with E-state index in [0.29, 0.717) is 31.7 Å². The fraction of sp³-hybridized carbons (Fsp3) is 0.588. The Morgan fingerprint density at radius 1 is 1.22 bits per heavy atom. The average Bonchev–Trinajstić information content (AvgIpc) is 2.44. The Hall–Kier alpha value is -1.69. The van der Waals surface area contributed by atoms with Crippen molar-refractivity contribution in [2.45, 2.75) is 46.3 Å². The Kier molecular flexibility index (Phi) is 7.42. The Morgan fingerprint density at radius 3 is 2.48 bits per heavy atom. The Labute approximate surface area is 136 Å². The van der Waals surface area contributed by atoms with Crippen molar-refractivity contribution < 1.29 is 18.3 Å². The summed E-state index contributed by atoms with van der Waals surface area (Å²) < 4.78 is 31.3. The molecule has 0 aliphatic rings. The minimum Gasteiger partial charge on any atom is -0.444 e. The molecule has 0 heterocycles. The highest BCUT2D eigenvalue weighted by atomic mass is 19.2. The van der Waals surface area contributed by atoms with Crippen molar-refractivity contribution in [2.75, 3.05) is 19.6 Å². The summed E-state index contributed by atoms with van der Waals surface area (Å²) in [6.45, 7) is 9.53. The number of hydrogen-bond donors (Lipinski definition) is 1. The lowest BCUT2D eigenvalue weighted by atomic mass is 10.2. The third-order valence-corrected chi connectivity index (χ3v) is 3.02. The highest BCUT2D eigenvalue weighted by Crippen LogP contribution is 2.10. The molecule has 0 atom stereocenters. The first-order valence-electron chi connectivity index (χ1n) is 7.85. The zero-order valence-corrected chi connectivity index (χ0v) is 14.3. The van der Waals surface area contributed by atoms with Crippen LogP contribution in [0.25, 0.3) is 0 Å². The molecule has 0 spiro atoms. The van der Waals surface area contributed by atoms with Gasteiger partial charge >= 0.3 is 6.09 Å². The summed E-state index contributed by atoms with van der Waals surface area (Å²) in [5.41, 5.74) is 0.130. The van der Waals surface area contributed by atoms with E-state index in [0.717, 1.165) is 12.5 Å². The van der Waals surface area contributed by atoms with Gasteiger partial charge in [-0.15, -0.1) is 0 Å². The first-order chi connectivity index (χ1) is 10.7. The molecule has 0 radical (unpaired) electrons. The van der Waals surface area contributed by atoms with Crippen molar-refractivity contribution in [1.82, 2.24) is 10.2 Å². The molecule has 4 nitrogen and oxygen atoms in total. The van der Waals surface area contributed by atoms with Crippen LogP contribution in [0.1, 0.15) is 39.7 Å². The van der Waals surface area contributed by atoms with E-state index in [1.165, 1.54) is 12.1 Å². The molecule has 6 heteroatoms. The number of nitrogens with one attached hydrogen (secondary N) is 1. The number of hydrogen-bond acceptors (Lipinski definition) is 3. The van der Waals surface area contributed by atoms with Crippen LogP contribution >= 0.6 is 0 Å². The van der Waals surface area contributed by atoms with Crippen LogP contribution in [0.4, 0.5) is 13.6 Å². The van der Waals surface area contributed by atoms with E-state index >= 15 is 0 Å². The predicted octanol–water partition coefficient (Wildman–Crippen LogP) is 3.70. The van der Waals surface area contributed by atoms with Crippen LogP contribution in [-0.2, 0) is 11.3 Å². The molecule has 0 unspecified atom stereocenters. The van der Waals surface area contributed by atoms with E-state index in [1.807, 2.05) is 27.7 Å². The highest BCUT2D eigenvalue weighted by Gasteiger charge is 2.21. The normalized spacial score (nSPS) is 11.4. The van der Waals surface area contributed by atoms with Gasteiger partial charge in [0.1, 0.15) is 5.60 Å². The second kappa shape index (κ2) is 8.82. The molecule has 1 amide bonds. The molecular formula is C17H26F2N2O2. The summed E-state index contributed by atoms with van der Waals surface area (Å²) in [5, 5.41) is 3.12. The van der Waals surface area contributed by atoms with Crippen LogP contribution in [-0.4, -0.2) is 36.2 Å². The maximum absolute atomic E-state index is 13.1. The molecule has 1 aromatic carbocycles. The van der Waals surface area contributed by atoms with Crippen molar-refractivity contribution in [3.8, 4) is 0 Å². The number of ether oxygens (including phenoxy) is 1. The summed E-state index contributed by atoms with van der Waals surface area (Å²) in [4.78, 5) is 13.7. The van der Waals surface area contributed by atoms with Gasteiger partial charge in [-0.25, -0.2) is 13.6 Å². The lowest BCUT2D eigenvalue weighted by Gasteiger charge is -2.27. The van der Waals surface area contributed by atoms with Gasteiger partial charge in [-0.3, -0.25) is 0 Å². The van der Waals surface area contributed by atoms with Crippen molar-refractivity contribution >= 4 is 6.09 Å². The second-order valence-electron chi connectivity index (χ2n) is 6.39. The number of carbonyl (C=O) groups excluding carboxylic acids is 1. The van der Waals surface area contributed by atoms with Gasteiger partial charge in [-0.05, 0) is 44.9 Å². The zero-order chi connectivity index (χ0) is 17.5. The molecule has 0 bridgehead atoms. The standard InChI is InChI=1S/C17H26F2N2O2/c1-5-9-21(16(22)23-17(2,3)4)10-8-20-12-13-6-7-14(18)15(19)11-13/h6-7,11,20H,5,8-10,12H2,1-4H3. The summed E-state index contributed by atoms with van der Waals surface area (Å²) in [5.74, 6) is -1.71. The summed E-state index contributed by atoms with van der Waals surface area (Å²) in [6, 6.07) is 3.81. The van der Waals surface area contributed by atoms with Gasteiger partial charge in [0.15, 0.2) is 11.6 Å². The van der Waals surface area contributed by atoms with Crippen LogP contribution in [0, 0.1) is 11.6 Å². The predicted molar refractivity (Wildman–Crippen MR) is 86.2 cm³/mol. The SMILES string of the molecule is CCCN(CCNCc1ccc(F)c(F)c1)C(=O)OC(C)(C)C. The van der Waals surface area contributed by atoms with E-state index in [9.17, 15) is 13.6 Å². The van der Waals surface area contributed by atoms with Gasteiger partial charge < -0.3 is 15.0 Å². The van der Waals surface area contributed by atoms with E-state index in [-0.39, 0.29) is 6.09 Å². The molecule has 0 aliphatic carbocycles. The first-order valence-corrected chi connectivity index (χ1v) is 7.85. The maximum atomic E-state index is 13.1. The third-order valence-electron chi connectivity index (χ3n) is 3.02. The summed E-state index contributed by atoms with van der Waals surface area (Å²) >= 11 is 0. The largest absolute Gasteiger partial charge is 0.444 e. The first kappa shape index (κ1) is 19.4. The number of nitrogens with zero attached hydrogens (tertiary/aromatic N) is 1. The summed E-state index contributed by atoms with van der Waals surface area (Å²) in [6.07, 6.45) is 0.497. The lowest BCUT2D eigenvalue weighted by Crippen LogP contribution is -2.40. The van der Waals surface area contributed by atoms with Gasteiger partial charge in [0.25, 0.3) is 0 Å². The quantitative estimate of drug-likeness (QED) is 0.776. The molecule has 23 heavy (non-hydrogen) atoms. The number of benzene rings is 1. The monoisotopic (exact) mass is 328 g/mol. The van der Waals surface area contributed by atoms with Gasteiger partial charge in [-0.1, -0.05) is 13.0 Å². The van der Waals surface area contributed by atoms with Crippen molar-refractivity contribution in [2.24, 2.45) is 0 Å². The van der Waals surface area contributed by atoms with Gasteiger partial charge in [0, 0.05) is 26.2 Å². The molecule has 130 valence electrons. The van der Waals surface area contributed by atoms with Gasteiger partial charge in [0.05, 0.1) is 0 Å². The Morgan fingerprint density at radius 2 is 1.91 bits per heavy atom. The number of rotatable bonds is 7. The van der Waals surface area contributed by atoms with E-state index in [2.05, 4.69) is 5.32 Å². The minimum atomic E-state index is -0.856. The van der Waals surface area contributed by atoms with Crippen molar-refractivity contribution in [1.29, 1.82) is 0 Å². The summed E-state index contributed by atoms with van der Waals surface area (Å²) in [7, 11) is 0. The number of carbonyl (C=O) groups is 1. The topological polar surface area (TPSA) is 41.6 Å². The van der Waals surface area contributed by atoms with Crippen LogP contribution in [0.2, 0.25) is 0 Å². The Balaban J connectivity index is 2.43. The smallest absolute Gasteiger partial charge is 0.410 e. The third kappa shape index (κ3) is 7.41. The van der Waals surface area contributed by atoms with Crippen LogP contribution < -0.4 is 5.32 Å². The molecule has 0 fully saturated rings. The van der Waals surface area contributed by atoms with E-state index < -0.39 is 17.2 Å². The second-order valence-corrected chi connectivity index (χ2v) is 6.39. The molecule has 1 N–H and O–H groups in total. The van der Waals surface area contributed by atoms with Crippen LogP contribution in [0.3, 0.4) is 0 Å². The lowest BCUT2D eigenvalue weighted by molar-refractivity contribution is 0.0252. The van der Waals surface area contributed by atoms with E-state index in [4.69, 9.17) is 4.74 Å². The zero-order valence-electron chi connectivity index (χ0n) is 14.3. The molecule has 0 saturated heterocycles. The molecule has 1 rings (SSSR count). The van der Waals surface area contributed by atoms with E-state index in [1.54, 1.807) is 4.90 Å². The molecular weight excluding hydrogens is 302 g/mol. The molecule has 0 saturated carbocycles. The molecule has 1 aromatic rings. The maximum Gasteiger partial charge on any atom is 0.410 e. The molecule has 0 aromatic heterocycles. The number of halogens is 2. The van der Waals surface area contributed by atoms with Gasteiger partial charge in [0.2, 0.25) is 0 Å². The van der Waals surface area contributed by atoms with Gasteiger partial charge in [-0.2, -0.15) is 0 Å². The average molecular weight is 328 g/mol. The Bertz CT molecular complexity index is 516. The fourth-order valence-electron chi connectivity index (χ4n) is 1.99.